The van der Waals surface area contributed by atoms with Gasteiger partial charge in [0.05, 0.1) is 27.1 Å². The Labute approximate surface area is 150 Å². The van der Waals surface area contributed by atoms with Crippen LogP contribution in [0.5, 0.6) is 0 Å². The lowest BCUT2D eigenvalue weighted by Crippen LogP contribution is -2.43. The Bertz CT molecular complexity index is 606. The first-order valence-corrected chi connectivity index (χ1v) is 8.22. The number of benzene rings is 1. The van der Waals surface area contributed by atoms with Gasteiger partial charge in [-0.1, -0.05) is 18.2 Å². The molecule has 0 aliphatic rings. The third-order valence-electron chi connectivity index (χ3n) is 3.38. The van der Waals surface area contributed by atoms with Crippen LogP contribution in [0.25, 0.3) is 0 Å². The van der Waals surface area contributed by atoms with Crippen LogP contribution in [0.2, 0.25) is 0 Å². The highest BCUT2D eigenvalue weighted by Crippen LogP contribution is 2.10. The number of nitrogens with zero attached hydrogens (tertiary/aromatic N) is 3. The predicted octanol–water partition coefficient (Wildman–Crippen LogP) is 1.00. The van der Waals surface area contributed by atoms with E-state index in [1.807, 2.05) is 70.5 Å². The minimum Gasteiger partial charge on any atom is -0.325 e. The number of anilines is 1. The molecule has 0 heterocycles. The molecule has 0 fully saturated rings. The largest absolute Gasteiger partial charge is 0.325 e. The minimum absolute atomic E-state index is 0.151. The smallest absolute Gasteiger partial charge is 0.295 e. The van der Waals surface area contributed by atoms with Crippen molar-refractivity contribution in [2.45, 2.75) is 6.92 Å². The summed E-state index contributed by atoms with van der Waals surface area (Å²) in [6, 6.07) is 9.29. The molecular formula is C18H30N5O2+. The molecule has 2 amide bonds. The number of hydrogen-bond acceptors (Lipinski definition) is 4. The molecule has 25 heavy (non-hydrogen) atoms. The second-order valence-corrected chi connectivity index (χ2v) is 7.41. The van der Waals surface area contributed by atoms with E-state index in [1.54, 1.807) is 6.92 Å². The quantitative estimate of drug-likeness (QED) is 0.418. The SMILES string of the molecule is C/C(=N\NC(=O)C[N+](C)(C)C)C(CN(C)C)C(=O)Nc1ccccc1. The van der Waals surface area contributed by atoms with E-state index < -0.39 is 5.92 Å². The molecule has 1 aromatic rings. The van der Waals surface area contributed by atoms with Gasteiger partial charge in [-0.2, -0.15) is 5.10 Å². The highest BCUT2D eigenvalue weighted by atomic mass is 16.2. The van der Waals surface area contributed by atoms with Crippen molar-refractivity contribution in [2.24, 2.45) is 11.0 Å². The molecular weight excluding hydrogens is 318 g/mol. The summed E-state index contributed by atoms with van der Waals surface area (Å²) in [5.74, 6) is -0.791. The van der Waals surface area contributed by atoms with E-state index in [-0.39, 0.29) is 11.8 Å². The summed E-state index contributed by atoms with van der Waals surface area (Å²) >= 11 is 0. The second kappa shape index (κ2) is 9.29. The van der Waals surface area contributed by atoms with Crippen LogP contribution in [-0.4, -0.2) is 75.2 Å². The van der Waals surface area contributed by atoms with Crippen molar-refractivity contribution in [3.05, 3.63) is 30.3 Å². The molecule has 0 saturated heterocycles. The van der Waals surface area contributed by atoms with Gasteiger partial charge in [-0.3, -0.25) is 9.59 Å². The zero-order valence-electron chi connectivity index (χ0n) is 16.0. The molecule has 0 radical (unpaired) electrons. The summed E-state index contributed by atoms with van der Waals surface area (Å²) in [6.07, 6.45) is 0. The van der Waals surface area contributed by atoms with Crippen molar-refractivity contribution in [3.8, 4) is 0 Å². The van der Waals surface area contributed by atoms with Crippen LogP contribution in [0.4, 0.5) is 5.69 Å². The Kier molecular flexibility index (Phi) is 7.73. The number of carbonyl (C=O) groups excluding carboxylic acids is 2. The Morgan fingerprint density at radius 3 is 2.28 bits per heavy atom. The fourth-order valence-corrected chi connectivity index (χ4v) is 2.22. The molecule has 2 N–H and O–H groups in total. The number of carbonyl (C=O) groups is 2. The van der Waals surface area contributed by atoms with Gasteiger partial charge in [0.2, 0.25) is 5.91 Å². The van der Waals surface area contributed by atoms with Crippen LogP contribution in [0.15, 0.2) is 35.4 Å². The maximum absolute atomic E-state index is 12.6. The molecule has 0 saturated carbocycles. The van der Waals surface area contributed by atoms with E-state index in [1.165, 1.54) is 0 Å². The first kappa shape index (κ1) is 20.8. The van der Waals surface area contributed by atoms with Gasteiger partial charge in [-0.05, 0) is 33.2 Å². The van der Waals surface area contributed by atoms with Crippen molar-refractivity contribution < 1.29 is 14.1 Å². The van der Waals surface area contributed by atoms with Crippen LogP contribution in [-0.2, 0) is 9.59 Å². The molecule has 138 valence electrons. The standard InChI is InChI=1S/C18H29N5O2/c1-14(20-21-17(24)13-23(4,5)6)16(12-22(2)3)18(25)19-15-10-8-7-9-11-15/h7-11,16H,12-13H2,1-6H3,(H-,19,21,24,25)/p+1/b20-14+. The Balaban J connectivity index is 2.80. The molecule has 0 aliphatic carbocycles. The Morgan fingerprint density at radius 1 is 1.16 bits per heavy atom. The van der Waals surface area contributed by atoms with Gasteiger partial charge in [0.25, 0.3) is 5.91 Å². The zero-order chi connectivity index (χ0) is 19.0. The highest BCUT2D eigenvalue weighted by Gasteiger charge is 2.23. The molecule has 7 heteroatoms. The van der Waals surface area contributed by atoms with Crippen LogP contribution in [0, 0.1) is 5.92 Å². The summed E-state index contributed by atoms with van der Waals surface area (Å²) < 4.78 is 0.510. The molecule has 1 atom stereocenters. The van der Waals surface area contributed by atoms with E-state index in [0.717, 1.165) is 5.69 Å². The van der Waals surface area contributed by atoms with Crippen molar-refractivity contribution in [2.75, 3.05) is 53.6 Å². The second-order valence-electron chi connectivity index (χ2n) is 7.41. The average Bonchev–Trinajstić information content (AvgIpc) is 2.49. The Morgan fingerprint density at radius 2 is 1.76 bits per heavy atom. The van der Waals surface area contributed by atoms with Crippen LogP contribution < -0.4 is 10.7 Å². The summed E-state index contributed by atoms with van der Waals surface area (Å²) in [5, 5.41) is 7.04. The molecule has 0 bridgehead atoms. The van der Waals surface area contributed by atoms with Gasteiger partial charge >= 0.3 is 0 Å². The maximum Gasteiger partial charge on any atom is 0.295 e. The summed E-state index contributed by atoms with van der Waals surface area (Å²) in [7, 11) is 9.58. The lowest BCUT2D eigenvalue weighted by molar-refractivity contribution is -0.862. The number of nitrogens with one attached hydrogen (secondary N) is 2. The lowest BCUT2D eigenvalue weighted by atomic mass is 10.0. The molecule has 1 rings (SSSR count). The predicted molar refractivity (Wildman–Crippen MR) is 101 cm³/mol. The average molecular weight is 348 g/mol. The molecule has 0 aliphatic heterocycles. The first-order chi connectivity index (χ1) is 11.6. The number of amides is 2. The molecule has 0 spiro atoms. The van der Waals surface area contributed by atoms with Gasteiger partial charge in [0.15, 0.2) is 6.54 Å². The van der Waals surface area contributed by atoms with Gasteiger partial charge < -0.3 is 14.7 Å². The molecule has 1 unspecified atom stereocenters. The monoisotopic (exact) mass is 348 g/mol. The summed E-state index contributed by atoms with van der Waals surface area (Å²) in [4.78, 5) is 26.5. The topological polar surface area (TPSA) is 73.8 Å². The number of para-hydroxylation sites is 1. The molecule has 0 aromatic heterocycles. The highest BCUT2D eigenvalue weighted by molar-refractivity contribution is 6.08. The number of quaternary nitrogens is 1. The van der Waals surface area contributed by atoms with E-state index >= 15 is 0 Å². The number of rotatable bonds is 8. The van der Waals surface area contributed by atoms with E-state index in [4.69, 9.17) is 0 Å². The van der Waals surface area contributed by atoms with E-state index in [2.05, 4.69) is 15.8 Å². The third kappa shape index (κ3) is 8.42. The summed E-state index contributed by atoms with van der Waals surface area (Å²) in [6.45, 7) is 2.56. The lowest BCUT2D eigenvalue weighted by Gasteiger charge is -2.23. The number of hydrogen-bond donors (Lipinski definition) is 2. The number of likely N-dealkylation sites (N-methyl/N-ethyl adjacent to an activating group) is 1. The van der Waals surface area contributed by atoms with Crippen LogP contribution in [0.3, 0.4) is 0 Å². The van der Waals surface area contributed by atoms with Gasteiger partial charge in [-0.25, -0.2) is 5.43 Å². The fourth-order valence-electron chi connectivity index (χ4n) is 2.22. The third-order valence-corrected chi connectivity index (χ3v) is 3.38. The van der Waals surface area contributed by atoms with Crippen molar-refractivity contribution in [1.82, 2.24) is 10.3 Å². The minimum atomic E-state index is -0.459. The van der Waals surface area contributed by atoms with Crippen molar-refractivity contribution in [1.29, 1.82) is 0 Å². The van der Waals surface area contributed by atoms with Gasteiger partial charge in [0, 0.05) is 17.9 Å². The maximum atomic E-state index is 12.6. The summed E-state index contributed by atoms with van der Waals surface area (Å²) in [5.41, 5.74) is 3.85. The Hall–Kier alpha value is -2.25. The van der Waals surface area contributed by atoms with Gasteiger partial charge in [0.1, 0.15) is 0 Å². The van der Waals surface area contributed by atoms with Crippen molar-refractivity contribution in [3.63, 3.8) is 0 Å². The van der Waals surface area contributed by atoms with E-state index in [0.29, 0.717) is 23.3 Å². The molecule has 1 aromatic carbocycles. The normalized spacial score (nSPS) is 13.5. The fraction of sp³-hybridized carbons (Fsp3) is 0.500. The van der Waals surface area contributed by atoms with Crippen LogP contribution in [0.1, 0.15) is 6.92 Å². The number of hydrazone groups is 1. The molecule has 7 nitrogen and oxygen atoms in total. The van der Waals surface area contributed by atoms with Gasteiger partial charge in [-0.15, -0.1) is 0 Å². The van der Waals surface area contributed by atoms with Crippen molar-refractivity contribution >= 4 is 23.2 Å². The van der Waals surface area contributed by atoms with Crippen LogP contribution >= 0.6 is 0 Å². The zero-order valence-corrected chi connectivity index (χ0v) is 16.0. The van der Waals surface area contributed by atoms with E-state index in [9.17, 15) is 9.59 Å². The first-order valence-electron chi connectivity index (χ1n) is 8.22.